The number of aliphatic hydroxyl groups is 1. The van der Waals surface area contributed by atoms with Crippen molar-refractivity contribution < 1.29 is 5.11 Å². The predicted octanol–water partition coefficient (Wildman–Crippen LogP) is 3.69. The van der Waals surface area contributed by atoms with Crippen LogP contribution in [0, 0.1) is 6.92 Å². The van der Waals surface area contributed by atoms with E-state index in [0.29, 0.717) is 0 Å². The molecule has 5 heteroatoms. The predicted molar refractivity (Wildman–Crippen MR) is 110 cm³/mol. The van der Waals surface area contributed by atoms with Crippen molar-refractivity contribution in [1.82, 2.24) is 4.90 Å². The van der Waals surface area contributed by atoms with Crippen LogP contribution in [0.1, 0.15) is 5.56 Å². The van der Waals surface area contributed by atoms with E-state index in [4.69, 9.17) is 0 Å². The van der Waals surface area contributed by atoms with Crippen LogP contribution < -0.4 is 4.90 Å². The average Bonchev–Trinajstić information content (AvgIpc) is 2.62. The summed E-state index contributed by atoms with van der Waals surface area (Å²) in [5, 5.41) is 10.3. The summed E-state index contributed by atoms with van der Waals surface area (Å²) >= 11 is 1.73. The Kier molecular flexibility index (Phi) is 8.10. The van der Waals surface area contributed by atoms with Gasteiger partial charge in [-0.05, 0) is 30.7 Å². The Bertz CT molecular complexity index is 633. The minimum absolute atomic E-state index is 0. The number of para-hydroxylation sites is 1. The summed E-state index contributed by atoms with van der Waals surface area (Å²) in [5.74, 6) is 0.752. The molecule has 2 aromatic carbocycles. The van der Waals surface area contributed by atoms with Crippen LogP contribution in [0.5, 0.6) is 0 Å². The van der Waals surface area contributed by atoms with Gasteiger partial charge in [-0.3, -0.25) is 4.90 Å². The van der Waals surface area contributed by atoms with Crippen LogP contribution in [0.25, 0.3) is 0 Å². The minimum Gasteiger partial charge on any atom is -0.391 e. The van der Waals surface area contributed by atoms with Crippen LogP contribution in [0.4, 0.5) is 5.69 Å². The lowest BCUT2D eigenvalue weighted by Gasteiger charge is -2.37. The first-order chi connectivity index (χ1) is 11.7. The lowest BCUT2D eigenvalue weighted by molar-refractivity contribution is 0.126. The van der Waals surface area contributed by atoms with Crippen LogP contribution in [0.15, 0.2) is 59.5 Å². The van der Waals surface area contributed by atoms with Crippen molar-refractivity contribution in [3.05, 3.63) is 60.2 Å². The van der Waals surface area contributed by atoms with Crippen molar-refractivity contribution in [2.45, 2.75) is 17.9 Å². The molecule has 0 radical (unpaired) electrons. The smallest absolute Gasteiger partial charge is 0.0760 e. The van der Waals surface area contributed by atoms with Gasteiger partial charge in [-0.1, -0.05) is 36.4 Å². The summed E-state index contributed by atoms with van der Waals surface area (Å²) < 4.78 is 0. The molecular weight excluding hydrogens is 352 g/mol. The number of aryl methyl sites for hydroxylation is 1. The van der Waals surface area contributed by atoms with Crippen LogP contribution in [0.3, 0.4) is 0 Å². The third-order valence-corrected chi connectivity index (χ3v) is 5.64. The first kappa shape index (κ1) is 20.1. The molecule has 0 spiro atoms. The normalized spacial score (nSPS) is 16.3. The van der Waals surface area contributed by atoms with E-state index >= 15 is 0 Å². The lowest BCUT2D eigenvalue weighted by atomic mass is 10.1. The maximum atomic E-state index is 10.3. The maximum absolute atomic E-state index is 10.3. The van der Waals surface area contributed by atoms with E-state index in [1.807, 2.05) is 18.2 Å². The van der Waals surface area contributed by atoms with E-state index in [1.165, 1.54) is 16.1 Å². The van der Waals surface area contributed by atoms with E-state index < -0.39 is 0 Å². The number of anilines is 1. The summed E-state index contributed by atoms with van der Waals surface area (Å²) in [6.45, 7) is 7.03. The SMILES string of the molecule is Cc1ccccc1N1CCN(CC(O)CSc2ccccc2)CC1.Cl. The molecule has 3 rings (SSSR count). The van der Waals surface area contributed by atoms with Gasteiger partial charge in [0.15, 0.2) is 0 Å². The number of hydrogen-bond donors (Lipinski definition) is 1. The van der Waals surface area contributed by atoms with Crippen molar-refractivity contribution in [3.8, 4) is 0 Å². The molecule has 1 saturated heterocycles. The minimum atomic E-state index is -0.278. The molecule has 136 valence electrons. The van der Waals surface area contributed by atoms with Gasteiger partial charge < -0.3 is 10.0 Å². The van der Waals surface area contributed by atoms with Crippen molar-refractivity contribution in [1.29, 1.82) is 0 Å². The Morgan fingerprint density at radius 1 is 0.960 bits per heavy atom. The van der Waals surface area contributed by atoms with Crippen LogP contribution in [-0.2, 0) is 0 Å². The quantitative estimate of drug-likeness (QED) is 0.775. The summed E-state index contributed by atoms with van der Waals surface area (Å²) in [6.07, 6.45) is -0.278. The molecule has 0 amide bonds. The van der Waals surface area contributed by atoms with E-state index in [2.05, 4.69) is 53.1 Å². The third kappa shape index (κ3) is 5.93. The Labute approximate surface area is 161 Å². The number of rotatable bonds is 6. The molecule has 1 aliphatic heterocycles. The second kappa shape index (κ2) is 10.1. The van der Waals surface area contributed by atoms with Crippen LogP contribution >= 0.6 is 24.2 Å². The topological polar surface area (TPSA) is 26.7 Å². The molecule has 0 aromatic heterocycles. The number of piperazine rings is 1. The molecule has 2 aromatic rings. The largest absolute Gasteiger partial charge is 0.391 e. The second-order valence-electron chi connectivity index (χ2n) is 6.35. The highest BCUT2D eigenvalue weighted by atomic mass is 35.5. The van der Waals surface area contributed by atoms with Gasteiger partial charge in [0.05, 0.1) is 6.10 Å². The third-order valence-electron chi connectivity index (χ3n) is 4.48. The molecule has 1 N–H and O–H groups in total. The molecule has 0 saturated carbocycles. The zero-order chi connectivity index (χ0) is 16.8. The molecule has 3 nitrogen and oxygen atoms in total. The highest BCUT2D eigenvalue weighted by Crippen LogP contribution is 2.21. The molecule has 25 heavy (non-hydrogen) atoms. The van der Waals surface area contributed by atoms with Gasteiger partial charge in [0, 0.05) is 49.1 Å². The lowest BCUT2D eigenvalue weighted by Crippen LogP contribution is -2.49. The molecular formula is C20H27ClN2OS. The summed E-state index contributed by atoms with van der Waals surface area (Å²) in [6, 6.07) is 18.9. The van der Waals surface area contributed by atoms with E-state index in [9.17, 15) is 5.11 Å². The maximum Gasteiger partial charge on any atom is 0.0760 e. The van der Waals surface area contributed by atoms with Crippen molar-refractivity contribution in [3.63, 3.8) is 0 Å². The molecule has 1 atom stereocenters. The standard InChI is InChI=1S/C20H26N2OS.ClH/c1-17-7-5-6-10-20(17)22-13-11-21(12-14-22)15-18(23)16-24-19-8-3-2-4-9-19;/h2-10,18,23H,11-16H2,1H3;1H. The fourth-order valence-electron chi connectivity index (χ4n) is 3.15. The van der Waals surface area contributed by atoms with Gasteiger partial charge in [-0.2, -0.15) is 0 Å². The van der Waals surface area contributed by atoms with Crippen molar-refractivity contribution >= 4 is 29.9 Å². The van der Waals surface area contributed by atoms with Crippen molar-refractivity contribution in [2.24, 2.45) is 0 Å². The Morgan fingerprint density at radius 3 is 2.28 bits per heavy atom. The van der Waals surface area contributed by atoms with Gasteiger partial charge in [-0.25, -0.2) is 0 Å². The number of aliphatic hydroxyl groups excluding tert-OH is 1. The first-order valence-corrected chi connectivity index (χ1v) is 9.60. The number of thioether (sulfide) groups is 1. The number of β-amino-alcohol motifs (C(OH)–C–C–N with tert-alkyl or cyclic N) is 1. The van der Waals surface area contributed by atoms with Gasteiger partial charge >= 0.3 is 0 Å². The molecule has 1 fully saturated rings. The number of benzene rings is 2. The van der Waals surface area contributed by atoms with E-state index in [1.54, 1.807) is 11.8 Å². The van der Waals surface area contributed by atoms with Gasteiger partial charge in [0.2, 0.25) is 0 Å². The van der Waals surface area contributed by atoms with Gasteiger partial charge in [0.25, 0.3) is 0 Å². The highest BCUT2D eigenvalue weighted by molar-refractivity contribution is 7.99. The number of hydrogen-bond acceptors (Lipinski definition) is 4. The molecule has 1 aliphatic rings. The van der Waals surface area contributed by atoms with Crippen LogP contribution in [-0.4, -0.2) is 54.6 Å². The van der Waals surface area contributed by atoms with Crippen LogP contribution in [0.2, 0.25) is 0 Å². The summed E-state index contributed by atoms with van der Waals surface area (Å²) in [7, 11) is 0. The van der Waals surface area contributed by atoms with E-state index in [0.717, 1.165) is 38.5 Å². The van der Waals surface area contributed by atoms with Gasteiger partial charge in [-0.15, -0.1) is 24.2 Å². The second-order valence-corrected chi connectivity index (χ2v) is 7.45. The van der Waals surface area contributed by atoms with E-state index in [-0.39, 0.29) is 18.5 Å². The summed E-state index contributed by atoms with van der Waals surface area (Å²) in [4.78, 5) is 6.06. The Hall–Kier alpha value is -1.20. The van der Waals surface area contributed by atoms with Crippen molar-refractivity contribution in [2.75, 3.05) is 43.4 Å². The molecule has 0 aliphatic carbocycles. The first-order valence-electron chi connectivity index (χ1n) is 8.61. The molecule has 1 unspecified atom stereocenters. The molecule has 1 heterocycles. The monoisotopic (exact) mass is 378 g/mol. The highest BCUT2D eigenvalue weighted by Gasteiger charge is 2.20. The molecule has 0 bridgehead atoms. The fraction of sp³-hybridized carbons (Fsp3) is 0.400. The number of halogens is 1. The zero-order valence-electron chi connectivity index (χ0n) is 14.7. The number of nitrogens with zero attached hydrogens (tertiary/aromatic N) is 2. The van der Waals surface area contributed by atoms with Gasteiger partial charge in [0.1, 0.15) is 0 Å². The Morgan fingerprint density at radius 2 is 1.60 bits per heavy atom. The Balaban J connectivity index is 0.00000225. The average molecular weight is 379 g/mol. The summed E-state index contributed by atoms with van der Waals surface area (Å²) in [5.41, 5.74) is 2.68. The zero-order valence-corrected chi connectivity index (χ0v) is 16.3. The fourth-order valence-corrected chi connectivity index (χ4v) is 3.99.